The molecule has 2 rings (SSSR count). The zero-order valence-electron chi connectivity index (χ0n) is 12.1. The molecule has 6 nitrogen and oxygen atoms in total. The molecule has 0 saturated heterocycles. The van der Waals surface area contributed by atoms with Crippen molar-refractivity contribution in [3.8, 4) is 5.75 Å². The highest BCUT2D eigenvalue weighted by Gasteiger charge is 2.05. The Kier molecular flexibility index (Phi) is 5.37. The van der Waals surface area contributed by atoms with Crippen LogP contribution in [0.5, 0.6) is 5.75 Å². The van der Waals surface area contributed by atoms with Gasteiger partial charge in [-0.2, -0.15) is 0 Å². The highest BCUT2D eigenvalue weighted by atomic mass is 16.6. The summed E-state index contributed by atoms with van der Waals surface area (Å²) in [7, 11) is 0. The van der Waals surface area contributed by atoms with Crippen LogP contribution < -0.4 is 20.7 Å². The molecule has 0 heterocycles. The van der Waals surface area contributed by atoms with Crippen LogP contribution in [0, 0.1) is 0 Å². The molecule has 2 aromatic carbocycles. The average molecular weight is 299 g/mol. The van der Waals surface area contributed by atoms with E-state index in [2.05, 4.69) is 16.0 Å². The maximum Gasteiger partial charge on any atom is 0.417 e. The molecule has 0 radical (unpaired) electrons. The number of carbonyl (C=O) groups is 2. The van der Waals surface area contributed by atoms with E-state index in [0.717, 1.165) is 0 Å². The van der Waals surface area contributed by atoms with Crippen molar-refractivity contribution in [2.24, 2.45) is 0 Å². The number of rotatable bonds is 4. The number of amides is 3. The third-order valence-electron chi connectivity index (χ3n) is 2.68. The molecule has 6 heteroatoms. The largest absolute Gasteiger partial charge is 0.417 e. The fraction of sp³-hybridized carbons (Fsp3) is 0.125. The minimum atomic E-state index is -0.573. The van der Waals surface area contributed by atoms with E-state index in [1.165, 1.54) is 0 Å². The summed E-state index contributed by atoms with van der Waals surface area (Å²) in [6, 6.07) is 15.3. The molecule has 22 heavy (non-hydrogen) atoms. The van der Waals surface area contributed by atoms with Crippen LogP contribution in [0.4, 0.5) is 21.0 Å². The van der Waals surface area contributed by atoms with Gasteiger partial charge in [-0.05, 0) is 43.3 Å². The average Bonchev–Trinajstić information content (AvgIpc) is 2.50. The molecule has 2 aromatic rings. The van der Waals surface area contributed by atoms with Crippen LogP contribution >= 0.6 is 0 Å². The molecule has 0 aromatic heterocycles. The minimum absolute atomic E-state index is 0.280. The number of urea groups is 1. The van der Waals surface area contributed by atoms with E-state index in [0.29, 0.717) is 23.7 Å². The van der Waals surface area contributed by atoms with Crippen LogP contribution in [-0.2, 0) is 0 Å². The second-order valence-corrected chi connectivity index (χ2v) is 4.39. The van der Waals surface area contributed by atoms with Gasteiger partial charge in [0.05, 0.1) is 0 Å². The van der Waals surface area contributed by atoms with Gasteiger partial charge in [0.2, 0.25) is 0 Å². The predicted molar refractivity (Wildman–Crippen MR) is 85.2 cm³/mol. The Morgan fingerprint density at radius 3 is 2.18 bits per heavy atom. The van der Waals surface area contributed by atoms with Crippen LogP contribution in [0.2, 0.25) is 0 Å². The number of hydrogen-bond acceptors (Lipinski definition) is 3. The van der Waals surface area contributed by atoms with Gasteiger partial charge in [-0.3, -0.25) is 5.32 Å². The number of hydrogen-bond donors (Lipinski definition) is 3. The van der Waals surface area contributed by atoms with E-state index in [-0.39, 0.29) is 6.03 Å². The van der Waals surface area contributed by atoms with E-state index in [1.807, 2.05) is 25.1 Å². The van der Waals surface area contributed by atoms with Crippen LogP contribution in [0.3, 0.4) is 0 Å². The first-order valence-corrected chi connectivity index (χ1v) is 6.86. The third kappa shape index (κ3) is 4.82. The summed E-state index contributed by atoms with van der Waals surface area (Å²) in [5.74, 6) is 0.384. The molecule has 0 aliphatic carbocycles. The smallest absolute Gasteiger partial charge is 0.410 e. The maximum absolute atomic E-state index is 11.7. The van der Waals surface area contributed by atoms with E-state index in [1.54, 1.807) is 36.4 Å². The summed E-state index contributed by atoms with van der Waals surface area (Å²) in [4.78, 5) is 23.1. The highest BCUT2D eigenvalue weighted by Crippen LogP contribution is 2.16. The summed E-state index contributed by atoms with van der Waals surface area (Å²) in [6.45, 7) is 2.38. The Morgan fingerprint density at radius 2 is 1.55 bits per heavy atom. The monoisotopic (exact) mass is 299 g/mol. The number of ether oxygens (including phenoxy) is 1. The van der Waals surface area contributed by atoms with Gasteiger partial charge in [0, 0.05) is 17.9 Å². The maximum atomic E-state index is 11.7. The second-order valence-electron chi connectivity index (χ2n) is 4.39. The molecule has 0 aliphatic rings. The van der Waals surface area contributed by atoms with Gasteiger partial charge >= 0.3 is 12.1 Å². The molecule has 0 fully saturated rings. The Labute approximate surface area is 128 Å². The van der Waals surface area contributed by atoms with Gasteiger partial charge < -0.3 is 15.4 Å². The molecule has 0 atom stereocenters. The highest BCUT2D eigenvalue weighted by molar-refractivity contribution is 5.89. The van der Waals surface area contributed by atoms with E-state index in [4.69, 9.17) is 4.74 Å². The molecule has 3 N–H and O–H groups in total. The zero-order chi connectivity index (χ0) is 15.8. The van der Waals surface area contributed by atoms with Crippen molar-refractivity contribution in [2.75, 3.05) is 17.2 Å². The fourth-order valence-electron chi connectivity index (χ4n) is 1.71. The standard InChI is InChI=1S/C16H17N3O3/c1-2-17-15(20)18-13-8-10-14(11-9-13)22-16(21)19-12-6-4-3-5-7-12/h3-11H,2H2,1H3,(H,19,21)(H2,17,18,20). The lowest BCUT2D eigenvalue weighted by atomic mass is 10.3. The summed E-state index contributed by atoms with van der Waals surface area (Å²) in [6.07, 6.45) is -0.573. The summed E-state index contributed by atoms with van der Waals surface area (Å²) in [5, 5.41) is 7.89. The van der Waals surface area contributed by atoms with Crippen molar-refractivity contribution in [1.82, 2.24) is 5.32 Å². The Bertz CT molecular complexity index is 627. The van der Waals surface area contributed by atoms with Crippen LogP contribution in [-0.4, -0.2) is 18.7 Å². The molecule has 114 valence electrons. The number of para-hydroxylation sites is 1. The van der Waals surface area contributed by atoms with Gasteiger partial charge in [0.15, 0.2) is 0 Å². The number of anilines is 2. The van der Waals surface area contributed by atoms with Crippen molar-refractivity contribution in [1.29, 1.82) is 0 Å². The van der Waals surface area contributed by atoms with Crippen molar-refractivity contribution in [3.05, 3.63) is 54.6 Å². The lowest BCUT2D eigenvalue weighted by Crippen LogP contribution is -2.28. The lowest BCUT2D eigenvalue weighted by Gasteiger charge is -2.08. The van der Waals surface area contributed by atoms with Crippen LogP contribution in [0.15, 0.2) is 54.6 Å². The van der Waals surface area contributed by atoms with E-state index in [9.17, 15) is 9.59 Å². The first-order valence-electron chi connectivity index (χ1n) is 6.86. The van der Waals surface area contributed by atoms with E-state index < -0.39 is 6.09 Å². The zero-order valence-corrected chi connectivity index (χ0v) is 12.1. The van der Waals surface area contributed by atoms with Crippen LogP contribution in [0.1, 0.15) is 6.92 Å². The van der Waals surface area contributed by atoms with Gasteiger partial charge in [0.1, 0.15) is 5.75 Å². The molecule has 0 spiro atoms. The third-order valence-corrected chi connectivity index (χ3v) is 2.68. The van der Waals surface area contributed by atoms with Gasteiger partial charge in [-0.25, -0.2) is 9.59 Å². The number of nitrogens with one attached hydrogen (secondary N) is 3. The second kappa shape index (κ2) is 7.68. The minimum Gasteiger partial charge on any atom is -0.410 e. The van der Waals surface area contributed by atoms with Crippen molar-refractivity contribution < 1.29 is 14.3 Å². The topological polar surface area (TPSA) is 79.5 Å². The first-order chi connectivity index (χ1) is 10.7. The predicted octanol–water partition coefficient (Wildman–Crippen LogP) is 3.44. The van der Waals surface area contributed by atoms with Gasteiger partial charge in [0.25, 0.3) is 0 Å². The van der Waals surface area contributed by atoms with Crippen molar-refractivity contribution >= 4 is 23.5 Å². The number of carbonyl (C=O) groups excluding carboxylic acids is 2. The first kappa shape index (κ1) is 15.4. The molecular formula is C16H17N3O3. The molecule has 0 bridgehead atoms. The lowest BCUT2D eigenvalue weighted by molar-refractivity contribution is 0.215. The fourth-order valence-corrected chi connectivity index (χ4v) is 1.71. The summed E-state index contributed by atoms with van der Waals surface area (Å²) in [5.41, 5.74) is 1.27. The molecule has 3 amide bonds. The van der Waals surface area contributed by atoms with Crippen molar-refractivity contribution in [2.45, 2.75) is 6.92 Å². The summed E-state index contributed by atoms with van der Waals surface area (Å²) >= 11 is 0. The Morgan fingerprint density at radius 1 is 0.909 bits per heavy atom. The molecule has 0 saturated carbocycles. The SMILES string of the molecule is CCNC(=O)Nc1ccc(OC(=O)Nc2ccccc2)cc1. The number of benzene rings is 2. The van der Waals surface area contributed by atoms with Gasteiger partial charge in [-0.15, -0.1) is 0 Å². The van der Waals surface area contributed by atoms with Crippen LogP contribution in [0.25, 0.3) is 0 Å². The summed E-state index contributed by atoms with van der Waals surface area (Å²) < 4.78 is 5.15. The molecule has 0 aliphatic heterocycles. The van der Waals surface area contributed by atoms with Gasteiger partial charge in [-0.1, -0.05) is 18.2 Å². The van der Waals surface area contributed by atoms with E-state index >= 15 is 0 Å². The van der Waals surface area contributed by atoms with Crippen molar-refractivity contribution in [3.63, 3.8) is 0 Å². The normalized spacial score (nSPS) is 9.68. The quantitative estimate of drug-likeness (QED) is 0.809. The molecular weight excluding hydrogens is 282 g/mol. The Hall–Kier alpha value is -3.02. The molecule has 0 unspecified atom stereocenters. The Balaban J connectivity index is 1.88.